The van der Waals surface area contributed by atoms with Gasteiger partial charge in [-0.2, -0.15) is 0 Å². The first-order chi connectivity index (χ1) is 19.2. The van der Waals surface area contributed by atoms with E-state index in [0.717, 1.165) is 16.7 Å². The number of benzene rings is 3. The Hall–Kier alpha value is -3.79. The highest BCUT2D eigenvalue weighted by atomic mass is 35.5. The van der Waals surface area contributed by atoms with Crippen LogP contribution in [-0.4, -0.2) is 75.1 Å². The van der Waals surface area contributed by atoms with E-state index < -0.39 is 12.2 Å². The molecular formula is C29H29Cl2N5O4. The summed E-state index contributed by atoms with van der Waals surface area (Å²) in [6.45, 7) is 0.596. The first-order valence-corrected chi connectivity index (χ1v) is 13.6. The number of piperazine rings is 1. The van der Waals surface area contributed by atoms with Crippen molar-refractivity contribution in [2.45, 2.75) is 31.7 Å². The summed E-state index contributed by atoms with van der Waals surface area (Å²) in [5.74, 6) is -0.376. The van der Waals surface area contributed by atoms with E-state index in [1.807, 2.05) is 30.3 Å². The molecule has 0 aliphatic carbocycles. The van der Waals surface area contributed by atoms with Gasteiger partial charge in [-0.15, -0.1) is 0 Å². The number of hydrogen-bond donors (Lipinski definition) is 2. The van der Waals surface area contributed by atoms with Crippen LogP contribution in [0.15, 0.2) is 72.8 Å². The summed E-state index contributed by atoms with van der Waals surface area (Å²) in [4.78, 5) is 44.1. The number of halogens is 2. The number of likely N-dealkylation sites (N-methyl/N-ethyl adjacent to an activating group) is 1. The van der Waals surface area contributed by atoms with Crippen molar-refractivity contribution >= 4 is 41.0 Å². The molecule has 40 heavy (non-hydrogen) atoms. The third kappa shape index (κ3) is 5.86. The number of phenols is 1. The molecule has 2 aliphatic rings. The van der Waals surface area contributed by atoms with Gasteiger partial charge in [-0.05, 0) is 41.0 Å². The first-order valence-electron chi connectivity index (χ1n) is 12.8. The first kappa shape index (κ1) is 27.8. The molecule has 2 fully saturated rings. The van der Waals surface area contributed by atoms with Crippen molar-refractivity contribution < 1.29 is 19.5 Å². The Kier molecular flexibility index (Phi) is 8.16. The van der Waals surface area contributed by atoms with Crippen LogP contribution in [0.3, 0.4) is 0 Å². The van der Waals surface area contributed by atoms with Crippen molar-refractivity contribution in [1.82, 2.24) is 25.1 Å². The van der Waals surface area contributed by atoms with Crippen molar-refractivity contribution in [1.29, 1.82) is 0 Å². The fraction of sp³-hybridized carbons (Fsp3) is 0.276. The Balaban J connectivity index is 1.46. The number of amides is 4. The number of rotatable bonds is 6. The highest BCUT2D eigenvalue weighted by Crippen LogP contribution is 2.30. The van der Waals surface area contributed by atoms with Gasteiger partial charge in [-0.3, -0.25) is 9.59 Å². The van der Waals surface area contributed by atoms with E-state index in [1.54, 1.807) is 59.4 Å². The van der Waals surface area contributed by atoms with Gasteiger partial charge in [-0.25, -0.2) is 14.8 Å². The topological polar surface area (TPSA) is 96.4 Å². The third-order valence-corrected chi connectivity index (χ3v) is 7.90. The number of hydrogen-bond acceptors (Lipinski definition) is 5. The largest absolute Gasteiger partial charge is 0.508 e. The molecule has 2 atom stereocenters. The Morgan fingerprint density at radius 3 is 2.35 bits per heavy atom. The summed E-state index contributed by atoms with van der Waals surface area (Å²) in [6.07, 6.45) is -0.507. The van der Waals surface area contributed by atoms with Crippen LogP contribution in [0.5, 0.6) is 5.75 Å². The van der Waals surface area contributed by atoms with Gasteiger partial charge in [-0.1, -0.05) is 71.7 Å². The maximum atomic E-state index is 13.9. The molecule has 4 amide bonds. The number of hydrazine groups is 1. The van der Waals surface area contributed by atoms with Crippen LogP contribution in [0, 0.1) is 0 Å². The van der Waals surface area contributed by atoms with Crippen LogP contribution in [-0.2, 0) is 29.1 Å². The van der Waals surface area contributed by atoms with E-state index in [-0.39, 0.29) is 49.7 Å². The zero-order valence-electron chi connectivity index (χ0n) is 21.8. The number of carbonyl (C=O) groups is 3. The van der Waals surface area contributed by atoms with Crippen LogP contribution in [0.25, 0.3) is 0 Å². The quantitative estimate of drug-likeness (QED) is 0.460. The molecule has 2 aliphatic heterocycles. The molecule has 0 spiro atoms. The minimum absolute atomic E-state index is 0.0542. The van der Waals surface area contributed by atoms with Gasteiger partial charge in [0.2, 0.25) is 11.8 Å². The molecule has 2 N–H and O–H groups in total. The lowest BCUT2D eigenvalue weighted by molar-refractivity contribution is -0.187. The molecule has 0 radical (unpaired) electrons. The number of urea groups is 1. The number of carbonyl (C=O) groups excluding carboxylic acids is 3. The molecule has 0 bridgehead atoms. The lowest BCUT2D eigenvalue weighted by Gasteiger charge is -2.54. The van der Waals surface area contributed by atoms with E-state index in [0.29, 0.717) is 16.6 Å². The highest BCUT2D eigenvalue weighted by molar-refractivity contribution is 6.42. The zero-order chi connectivity index (χ0) is 28.4. The standard InChI is InChI=1S/C29H29Cl2N5O4/c1-33-18-27(38)35-25(14-19-7-10-22(37)11-8-19)28(39)34(16-21-9-12-23(30)24(31)13-21)17-26(35)36(33)29(40)32-15-20-5-3-2-4-6-20/h2-13,25-26,37H,14-18H2,1H3,(H,32,40)/t25-,26?/m0/s1. The van der Waals surface area contributed by atoms with Crippen molar-refractivity contribution in [3.05, 3.63) is 99.5 Å². The predicted octanol–water partition coefficient (Wildman–Crippen LogP) is 3.88. The van der Waals surface area contributed by atoms with Gasteiger partial charge >= 0.3 is 6.03 Å². The molecule has 1 unspecified atom stereocenters. The summed E-state index contributed by atoms with van der Waals surface area (Å²) in [5, 5.41) is 16.6. The van der Waals surface area contributed by atoms with Crippen molar-refractivity contribution in [3.8, 4) is 5.75 Å². The van der Waals surface area contributed by atoms with Gasteiger partial charge in [0.25, 0.3) is 0 Å². The van der Waals surface area contributed by atoms with Crippen LogP contribution in [0.2, 0.25) is 10.0 Å². The molecule has 3 aromatic carbocycles. The maximum absolute atomic E-state index is 13.9. The lowest BCUT2D eigenvalue weighted by Crippen LogP contribution is -2.76. The lowest BCUT2D eigenvalue weighted by atomic mass is 9.98. The summed E-state index contributed by atoms with van der Waals surface area (Å²) < 4.78 is 0. The molecule has 0 aromatic heterocycles. The summed E-state index contributed by atoms with van der Waals surface area (Å²) in [5.41, 5.74) is 2.49. The van der Waals surface area contributed by atoms with Crippen LogP contribution in [0.4, 0.5) is 4.79 Å². The molecule has 0 saturated carbocycles. The average molecular weight is 582 g/mol. The monoisotopic (exact) mass is 581 g/mol. The predicted molar refractivity (Wildman–Crippen MR) is 151 cm³/mol. The molecule has 208 valence electrons. The molecule has 9 nitrogen and oxygen atoms in total. The summed E-state index contributed by atoms with van der Waals surface area (Å²) in [7, 11) is 1.69. The van der Waals surface area contributed by atoms with Crippen molar-refractivity contribution in [2.24, 2.45) is 0 Å². The third-order valence-electron chi connectivity index (χ3n) is 7.16. The van der Waals surface area contributed by atoms with Gasteiger partial charge in [0.1, 0.15) is 18.0 Å². The SMILES string of the molecule is CN1CC(=O)N2C(CN(Cc3ccc(Cl)c(Cl)c3)C(=O)[C@@H]2Cc2ccc(O)cc2)N1C(=O)NCc1ccccc1. The Morgan fingerprint density at radius 2 is 1.65 bits per heavy atom. The summed E-state index contributed by atoms with van der Waals surface area (Å²) in [6, 6.07) is 20.0. The minimum atomic E-state index is -0.850. The van der Waals surface area contributed by atoms with Gasteiger partial charge in [0.15, 0.2) is 0 Å². The second-order valence-electron chi connectivity index (χ2n) is 9.94. The smallest absolute Gasteiger partial charge is 0.334 e. The van der Waals surface area contributed by atoms with E-state index in [1.165, 1.54) is 9.91 Å². The molecule has 3 aromatic rings. The molecule has 5 rings (SSSR count). The zero-order valence-corrected chi connectivity index (χ0v) is 23.3. The average Bonchev–Trinajstić information content (AvgIpc) is 2.93. The van der Waals surface area contributed by atoms with Gasteiger partial charge in [0.05, 0.1) is 23.1 Å². The van der Waals surface area contributed by atoms with Gasteiger partial charge < -0.3 is 20.2 Å². The maximum Gasteiger partial charge on any atom is 0.334 e. The van der Waals surface area contributed by atoms with E-state index in [9.17, 15) is 19.5 Å². The van der Waals surface area contributed by atoms with Crippen LogP contribution in [0.1, 0.15) is 16.7 Å². The number of aromatic hydroxyl groups is 1. The fourth-order valence-corrected chi connectivity index (χ4v) is 5.54. The Labute approximate surface area is 242 Å². The Morgan fingerprint density at radius 1 is 0.950 bits per heavy atom. The highest BCUT2D eigenvalue weighted by Gasteiger charge is 2.50. The van der Waals surface area contributed by atoms with Crippen LogP contribution >= 0.6 is 23.2 Å². The van der Waals surface area contributed by atoms with E-state index in [2.05, 4.69) is 5.32 Å². The normalized spacial score (nSPS) is 19.5. The number of fused-ring (bicyclic) bond motifs is 1. The van der Waals surface area contributed by atoms with E-state index >= 15 is 0 Å². The second kappa shape index (κ2) is 11.8. The molecule has 2 heterocycles. The molecule has 2 saturated heterocycles. The number of nitrogens with zero attached hydrogens (tertiary/aromatic N) is 4. The van der Waals surface area contributed by atoms with Crippen LogP contribution < -0.4 is 5.32 Å². The number of phenolic OH excluding ortho intramolecular Hbond substituents is 1. The Bertz CT molecular complexity index is 1410. The number of nitrogens with one attached hydrogen (secondary N) is 1. The fourth-order valence-electron chi connectivity index (χ4n) is 5.22. The minimum Gasteiger partial charge on any atom is -0.508 e. The van der Waals surface area contributed by atoms with Gasteiger partial charge in [0, 0.05) is 26.6 Å². The molecular weight excluding hydrogens is 553 g/mol. The second-order valence-corrected chi connectivity index (χ2v) is 10.8. The summed E-state index contributed by atoms with van der Waals surface area (Å²) >= 11 is 12.3. The van der Waals surface area contributed by atoms with Crippen molar-refractivity contribution in [2.75, 3.05) is 20.1 Å². The van der Waals surface area contributed by atoms with Crippen molar-refractivity contribution in [3.63, 3.8) is 0 Å². The molecule has 11 heteroatoms. The van der Waals surface area contributed by atoms with E-state index in [4.69, 9.17) is 23.2 Å².